The molecule has 1 aromatic heterocycles. The summed E-state index contributed by atoms with van der Waals surface area (Å²) < 4.78 is 1.41. The van der Waals surface area contributed by atoms with Gasteiger partial charge in [0.2, 0.25) is 5.95 Å². The van der Waals surface area contributed by atoms with Crippen molar-refractivity contribution in [2.45, 2.75) is 25.3 Å². The maximum Gasteiger partial charge on any atom is 0.326 e. The van der Waals surface area contributed by atoms with Crippen LogP contribution in [-0.4, -0.2) is 49.4 Å². The Balaban J connectivity index is 2.07. The summed E-state index contributed by atoms with van der Waals surface area (Å²) in [5.74, 6) is -0.669. The number of carboxylic acids is 1. The number of carbonyl (C=O) groups is 2. The summed E-state index contributed by atoms with van der Waals surface area (Å²) in [5, 5.41) is 15.5. The van der Waals surface area contributed by atoms with Crippen molar-refractivity contribution in [2.24, 2.45) is 7.05 Å². The van der Waals surface area contributed by atoms with E-state index >= 15 is 0 Å². The van der Waals surface area contributed by atoms with Gasteiger partial charge in [-0.15, -0.1) is 0 Å². The highest BCUT2D eigenvalue weighted by molar-refractivity contribution is 5.91. The molecule has 2 heterocycles. The van der Waals surface area contributed by atoms with Crippen LogP contribution in [0.2, 0.25) is 0 Å². The van der Waals surface area contributed by atoms with E-state index < -0.39 is 18.0 Å². The fourth-order valence-corrected chi connectivity index (χ4v) is 2.01. The minimum absolute atomic E-state index is 0.301. The van der Waals surface area contributed by atoms with Gasteiger partial charge in [-0.2, -0.15) is 10.1 Å². The molecule has 1 aliphatic rings. The van der Waals surface area contributed by atoms with Crippen LogP contribution in [0.5, 0.6) is 0 Å². The van der Waals surface area contributed by atoms with Gasteiger partial charge in [0.25, 0.3) is 0 Å². The fraction of sp³-hybridized carbons (Fsp3) is 0.600. The minimum atomic E-state index is -0.970. The van der Waals surface area contributed by atoms with Crippen molar-refractivity contribution >= 4 is 17.9 Å². The van der Waals surface area contributed by atoms with Gasteiger partial charge in [0.1, 0.15) is 12.4 Å². The second kappa shape index (κ2) is 5.03. The molecule has 2 amide bonds. The number of urea groups is 1. The Kier molecular flexibility index (Phi) is 3.45. The first kappa shape index (κ1) is 12.3. The van der Waals surface area contributed by atoms with Crippen molar-refractivity contribution < 1.29 is 14.7 Å². The Labute approximate surface area is 104 Å². The van der Waals surface area contributed by atoms with E-state index in [-0.39, 0.29) is 0 Å². The van der Waals surface area contributed by atoms with Crippen LogP contribution in [0.15, 0.2) is 6.33 Å². The summed E-state index contributed by atoms with van der Waals surface area (Å²) in [4.78, 5) is 28.3. The Morgan fingerprint density at radius 2 is 2.28 bits per heavy atom. The number of aromatic nitrogens is 3. The number of hydrogen-bond donors (Lipinski definition) is 2. The minimum Gasteiger partial charge on any atom is -0.480 e. The van der Waals surface area contributed by atoms with Crippen LogP contribution in [0.25, 0.3) is 0 Å². The number of nitrogens with zero attached hydrogens (tertiary/aromatic N) is 4. The van der Waals surface area contributed by atoms with E-state index in [1.54, 1.807) is 7.05 Å². The first-order valence-electron chi connectivity index (χ1n) is 5.74. The zero-order valence-corrected chi connectivity index (χ0v) is 10.0. The summed E-state index contributed by atoms with van der Waals surface area (Å²) in [6, 6.07) is -1.20. The van der Waals surface area contributed by atoms with Crippen molar-refractivity contribution in [3.05, 3.63) is 6.33 Å². The maximum atomic E-state index is 12.0. The molecule has 1 aromatic rings. The van der Waals surface area contributed by atoms with Crippen LogP contribution in [0.3, 0.4) is 0 Å². The van der Waals surface area contributed by atoms with E-state index in [0.717, 1.165) is 12.8 Å². The highest BCUT2D eigenvalue weighted by atomic mass is 16.4. The van der Waals surface area contributed by atoms with Crippen molar-refractivity contribution in [3.8, 4) is 0 Å². The predicted molar refractivity (Wildman–Crippen MR) is 62.0 cm³/mol. The van der Waals surface area contributed by atoms with Gasteiger partial charge in [0.05, 0.1) is 0 Å². The van der Waals surface area contributed by atoms with Crippen molar-refractivity contribution in [2.75, 3.05) is 11.9 Å². The van der Waals surface area contributed by atoms with E-state index in [9.17, 15) is 9.59 Å². The molecule has 1 fully saturated rings. The fourth-order valence-electron chi connectivity index (χ4n) is 2.01. The molecule has 1 atom stereocenters. The van der Waals surface area contributed by atoms with E-state index in [2.05, 4.69) is 15.4 Å². The number of aliphatic carboxylic acids is 1. The number of likely N-dealkylation sites (tertiary alicyclic amines) is 1. The maximum absolute atomic E-state index is 12.0. The van der Waals surface area contributed by atoms with Crippen LogP contribution in [0.4, 0.5) is 10.7 Å². The number of amides is 2. The van der Waals surface area contributed by atoms with E-state index in [0.29, 0.717) is 18.9 Å². The lowest BCUT2D eigenvalue weighted by molar-refractivity contribution is -0.143. The third-order valence-electron chi connectivity index (χ3n) is 2.98. The van der Waals surface area contributed by atoms with E-state index in [1.807, 2.05) is 0 Å². The molecule has 8 heteroatoms. The summed E-state index contributed by atoms with van der Waals surface area (Å²) in [7, 11) is 1.65. The average Bonchev–Trinajstić information content (AvgIpc) is 2.75. The number of nitrogens with one attached hydrogen (secondary N) is 1. The predicted octanol–water partition coefficient (Wildman–Crippen LogP) is 0.286. The molecule has 0 saturated carbocycles. The Bertz CT molecular complexity index is 458. The highest BCUT2D eigenvalue weighted by Crippen LogP contribution is 2.18. The molecule has 1 saturated heterocycles. The number of rotatable bonds is 2. The number of anilines is 1. The van der Waals surface area contributed by atoms with Gasteiger partial charge in [-0.1, -0.05) is 0 Å². The molecule has 18 heavy (non-hydrogen) atoms. The van der Waals surface area contributed by atoms with Gasteiger partial charge < -0.3 is 10.0 Å². The molecular weight excluding hydrogens is 238 g/mol. The quantitative estimate of drug-likeness (QED) is 0.788. The Morgan fingerprint density at radius 3 is 2.89 bits per heavy atom. The number of carboxylic acid groups (broad SMARTS) is 1. The van der Waals surface area contributed by atoms with E-state index in [4.69, 9.17) is 5.11 Å². The molecule has 98 valence electrons. The van der Waals surface area contributed by atoms with Crippen LogP contribution in [-0.2, 0) is 11.8 Å². The van der Waals surface area contributed by atoms with Crippen molar-refractivity contribution in [1.82, 2.24) is 19.7 Å². The van der Waals surface area contributed by atoms with Gasteiger partial charge in [0, 0.05) is 13.6 Å². The monoisotopic (exact) mass is 253 g/mol. The lowest BCUT2D eigenvalue weighted by atomic mass is 10.0. The normalized spacial score (nSPS) is 19.6. The molecule has 0 spiro atoms. The summed E-state index contributed by atoms with van der Waals surface area (Å²) in [5.41, 5.74) is 0. The van der Waals surface area contributed by atoms with Crippen LogP contribution in [0.1, 0.15) is 19.3 Å². The summed E-state index contributed by atoms with van der Waals surface area (Å²) in [6.45, 7) is 0.445. The number of aryl methyl sites for hydroxylation is 1. The molecule has 0 aliphatic carbocycles. The number of carbonyl (C=O) groups excluding carboxylic acids is 1. The molecule has 2 rings (SSSR count). The third kappa shape index (κ3) is 2.41. The number of piperidine rings is 1. The molecular formula is C10H15N5O3. The standard InChI is InChI=1S/C10H15N5O3/c1-14-9(11-6-12-14)13-10(18)15-5-3-2-4-7(15)8(16)17/h6-7H,2-5H2,1H3,(H,16,17)(H,11,12,13,18). The molecule has 0 radical (unpaired) electrons. The average molecular weight is 253 g/mol. The molecule has 8 nitrogen and oxygen atoms in total. The Morgan fingerprint density at radius 1 is 1.50 bits per heavy atom. The highest BCUT2D eigenvalue weighted by Gasteiger charge is 2.32. The third-order valence-corrected chi connectivity index (χ3v) is 2.98. The molecule has 1 unspecified atom stereocenters. The lowest BCUT2D eigenvalue weighted by Crippen LogP contribution is -2.49. The summed E-state index contributed by atoms with van der Waals surface area (Å²) in [6.07, 6.45) is 3.45. The van der Waals surface area contributed by atoms with Crippen molar-refractivity contribution in [3.63, 3.8) is 0 Å². The Hall–Kier alpha value is -2.12. The van der Waals surface area contributed by atoms with E-state index in [1.165, 1.54) is 15.9 Å². The zero-order valence-electron chi connectivity index (χ0n) is 10.0. The second-order valence-electron chi connectivity index (χ2n) is 4.18. The van der Waals surface area contributed by atoms with Gasteiger partial charge in [-0.25, -0.2) is 14.3 Å². The molecule has 2 N–H and O–H groups in total. The number of hydrogen-bond acceptors (Lipinski definition) is 4. The smallest absolute Gasteiger partial charge is 0.326 e. The second-order valence-corrected chi connectivity index (χ2v) is 4.18. The summed E-state index contributed by atoms with van der Waals surface area (Å²) >= 11 is 0. The van der Waals surface area contributed by atoms with Crippen LogP contribution in [0, 0.1) is 0 Å². The van der Waals surface area contributed by atoms with Crippen molar-refractivity contribution in [1.29, 1.82) is 0 Å². The first-order valence-corrected chi connectivity index (χ1v) is 5.74. The zero-order chi connectivity index (χ0) is 13.1. The van der Waals surface area contributed by atoms with Gasteiger partial charge >= 0.3 is 12.0 Å². The van der Waals surface area contributed by atoms with Crippen LogP contribution < -0.4 is 5.32 Å². The van der Waals surface area contributed by atoms with Gasteiger partial charge in [-0.3, -0.25) is 5.32 Å². The van der Waals surface area contributed by atoms with Crippen LogP contribution >= 0.6 is 0 Å². The molecule has 0 bridgehead atoms. The first-order chi connectivity index (χ1) is 8.59. The lowest BCUT2D eigenvalue weighted by Gasteiger charge is -2.32. The molecule has 0 aromatic carbocycles. The largest absolute Gasteiger partial charge is 0.480 e. The van der Waals surface area contributed by atoms with Gasteiger partial charge in [-0.05, 0) is 19.3 Å². The van der Waals surface area contributed by atoms with Gasteiger partial charge in [0.15, 0.2) is 0 Å². The SMILES string of the molecule is Cn1ncnc1NC(=O)N1CCCCC1C(=O)O. The topological polar surface area (TPSA) is 100 Å². The molecule has 1 aliphatic heterocycles.